The molecule has 1 rings (SSSR count). The predicted molar refractivity (Wildman–Crippen MR) is 76.8 cm³/mol. The van der Waals surface area contributed by atoms with Gasteiger partial charge in [0, 0.05) is 6.04 Å². The zero-order valence-electron chi connectivity index (χ0n) is 13.0. The van der Waals surface area contributed by atoms with E-state index in [1.165, 1.54) is 6.26 Å². The molecule has 0 spiro atoms. The van der Waals surface area contributed by atoms with E-state index in [0.29, 0.717) is 31.1 Å². The topological polar surface area (TPSA) is 69.0 Å². The Morgan fingerprint density at radius 3 is 2.48 bits per heavy atom. The van der Waals surface area contributed by atoms with Gasteiger partial charge in [-0.25, -0.2) is 4.79 Å². The van der Waals surface area contributed by atoms with Crippen molar-refractivity contribution < 1.29 is 23.5 Å². The second-order valence-corrected chi connectivity index (χ2v) is 4.78. The second-order valence-electron chi connectivity index (χ2n) is 4.78. The lowest BCUT2D eigenvalue weighted by atomic mass is 10.2. The zero-order valence-corrected chi connectivity index (χ0v) is 13.0. The average molecular weight is 297 g/mol. The smallest absolute Gasteiger partial charge is 0.341 e. The second kappa shape index (κ2) is 8.46. The summed E-state index contributed by atoms with van der Waals surface area (Å²) >= 11 is 0. The highest BCUT2D eigenvalue weighted by Gasteiger charge is 2.21. The van der Waals surface area contributed by atoms with E-state index in [4.69, 9.17) is 13.9 Å². The standard InChI is InChI=1S/C15H23NO5/c1-5-19-14(17)10-16(11(3)4)9-13-12(7-8-21-13)15(18)20-6-2/h7-8,11H,5-6,9-10H2,1-4H3. The Kier molecular flexibility index (Phi) is 6.94. The Balaban J connectivity index is 2.78. The van der Waals surface area contributed by atoms with Crippen molar-refractivity contribution in [1.82, 2.24) is 4.90 Å². The summed E-state index contributed by atoms with van der Waals surface area (Å²) in [7, 11) is 0. The average Bonchev–Trinajstić information content (AvgIpc) is 2.86. The normalized spacial score (nSPS) is 11.0. The Bertz CT molecular complexity index is 466. The fourth-order valence-corrected chi connectivity index (χ4v) is 1.83. The summed E-state index contributed by atoms with van der Waals surface area (Å²) in [4.78, 5) is 25.3. The van der Waals surface area contributed by atoms with E-state index in [1.54, 1.807) is 19.9 Å². The summed E-state index contributed by atoms with van der Waals surface area (Å²) in [5, 5.41) is 0. The fourth-order valence-electron chi connectivity index (χ4n) is 1.83. The number of esters is 2. The highest BCUT2D eigenvalue weighted by atomic mass is 16.5. The lowest BCUT2D eigenvalue weighted by molar-refractivity contribution is -0.145. The Labute approximate surface area is 125 Å². The Hall–Kier alpha value is -1.82. The maximum absolute atomic E-state index is 11.8. The van der Waals surface area contributed by atoms with Gasteiger partial charge >= 0.3 is 11.9 Å². The van der Waals surface area contributed by atoms with Crippen molar-refractivity contribution in [2.45, 2.75) is 40.3 Å². The van der Waals surface area contributed by atoms with Crippen molar-refractivity contribution in [2.24, 2.45) is 0 Å². The van der Waals surface area contributed by atoms with Crippen LogP contribution in [-0.4, -0.2) is 42.6 Å². The number of carbonyl (C=O) groups excluding carboxylic acids is 2. The van der Waals surface area contributed by atoms with E-state index in [-0.39, 0.29) is 18.6 Å². The molecule has 1 aromatic rings. The van der Waals surface area contributed by atoms with E-state index < -0.39 is 5.97 Å². The molecule has 0 unspecified atom stereocenters. The van der Waals surface area contributed by atoms with Crippen LogP contribution in [0, 0.1) is 0 Å². The minimum absolute atomic E-state index is 0.106. The van der Waals surface area contributed by atoms with Crippen LogP contribution in [0.2, 0.25) is 0 Å². The van der Waals surface area contributed by atoms with Crippen LogP contribution in [0.5, 0.6) is 0 Å². The lowest BCUT2D eigenvalue weighted by Gasteiger charge is -2.24. The van der Waals surface area contributed by atoms with Crippen LogP contribution >= 0.6 is 0 Å². The minimum Gasteiger partial charge on any atom is -0.467 e. The van der Waals surface area contributed by atoms with Gasteiger partial charge < -0.3 is 13.9 Å². The first kappa shape index (κ1) is 17.2. The van der Waals surface area contributed by atoms with Gasteiger partial charge in [0.15, 0.2) is 0 Å². The van der Waals surface area contributed by atoms with Gasteiger partial charge in [-0.2, -0.15) is 0 Å². The van der Waals surface area contributed by atoms with E-state index >= 15 is 0 Å². The number of nitrogens with zero attached hydrogens (tertiary/aromatic N) is 1. The van der Waals surface area contributed by atoms with Gasteiger partial charge in [-0.05, 0) is 33.8 Å². The number of carbonyl (C=O) groups is 2. The fraction of sp³-hybridized carbons (Fsp3) is 0.600. The minimum atomic E-state index is -0.416. The SMILES string of the molecule is CCOC(=O)CN(Cc1occc1C(=O)OCC)C(C)C. The molecule has 0 aliphatic rings. The molecule has 1 aromatic heterocycles. The summed E-state index contributed by atoms with van der Waals surface area (Å²) in [6.07, 6.45) is 1.45. The molecular formula is C15H23NO5. The third kappa shape index (κ3) is 5.23. The summed E-state index contributed by atoms with van der Waals surface area (Å²) < 4.78 is 15.3. The van der Waals surface area contributed by atoms with Crippen molar-refractivity contribution >= 4 is 11.9 Å². The molecule has 0 amide bonds. The highest BCUT2D eigenvalue weighted by molar-refractivity contribution is 5.90. The largest absolute Gasteiger partial charge is 0.467 e. The van der Waals surface area contributed by atoms with Gasteiger partial charge in [0.25, 0.3) is 0 Å². The van der Waals surface area contributed by atoms with Crippen LogP contribution < -0.4 is 0 Å². The van der Waals surface area contributed by atoms with Crippen molar-refractivity contribution in [2.75, 3.05) is 19.8 Å². The van der Waals surface area contributed by atoms with Gasteiger partial charge in [-0.1, -0.05) is 0 Å². The third-order valence-electron chi connectivity index (χ3n) is 2.96. The monoisotopic (exact) mass is 297 g/mol. The van der Waals surface area contributed by atoms with Crippen molar-refractivity contribution in [3.63, 3.8) is 0 Å². The molecule has 0 aromatic carbocycles. The van der Waals surface area contributed by atoms with E-state index in [1.807, 2.05) is 18.7 Å². The number of ether oxygens (including phenoxy) is 2. The van der Waals surface area contributed by atoms with E-state index in [9.17, 15) is 9.59 Å². The van der Waals surface area contributed by atoms with Gasteiger partial charge in [0.05, 0.1) is 32.6 Å². The molecule has 6 heteroatoms. The first-order valence-corrected chi connectivity index (χ1v) is 7.12. The van der Waals surface area contributed by atoms with Gasteiger partial charge in [0.1, 0.15) is 11.3 Å². The Morgan fingerprint density at radius 2 is 1.90 bits per heavy atom. The number of hydrogen-bond acceptors (Lipinski definition) is 6. The third-order valence-corrected chi connectivity index (χ3v) is 2.96. The summed E-state index contributed by atoms with van der Waals surface area (Å²) in [6, 6.07) is 1.69. The molecule has 1 heterocycles. The molecule has 21 heavy (non-hydrogen) atoms. The summed E-state index contributed by atoms with van der Waals surface area (Å²) in [5.41, 5.74) is 0.395. The molecule has 0 saturated heterocycles. The summed E-state index contributed by atoms with van der Waals surface area (Å²) in [6.45, 7) is 8.59. The maximum Gasteiger partial charge on any atom is 0.341 e. The molecule has 0 N–H and O–H groups in total. The molecule has 6 nitrogen and oxygen atoms in total. The van der Waals surface area contributed by atoms with Crippen LogP contribution in [0.1, 0.15) is 43.8 Å². The van der Waals surface area contributed by atoms with Gasteiger partial charge in [0.2, 0.25) is 0 Å². The van der Waals surface area contributed by atoms with E-state index in [2.05, 4.69) is 0 Å². The number of rotatable bonds is 8. The highest BCUT2D eigenvalue weighted by Crippen LogP contribution is 2.16. The quantitative estimate of drug-likeness (QED) is 0.685. The molecule has 0 bridgehead atoms. The molecule has 0 fully saturated rings. The van der Waals surface area contributed by atoms with Crippen LogP contribution in [0.3, 0.4) is 0 Å². The molecule has 0 atom stereocenters. The van der Waals surface area contributed by atoms with Crippen LogP contribution in [0.25, 0.3) is 0 Å². The molecular weight excluding hydrogens is 274 g/mol. The van der Waals surface area contributed by atoms with Crippen molar-refractivity contribution in [1.29, 1.82) is 0 Å². The molecule has 0 radical (unpaired) electrons. The van der Waals surface area contributed by atoms with Crippen LogP contribution in [0.4, 0.5) is 0 Å². The number of furan rings is 1. The predicted octanol–water partition coefficient (Wildman–Crippen LogP) is 2.23. The first-order chi connectivity index (χ1) is 9.99. The molecule has 118 valence electrons. The molecule has 0 saturated carbocycles. The summed E-state index contributed by atoms with van der Waals surface area (Å²) in [5.74, 6) is -0.219. The number of hydrogen-bond donors (Lipinski definition) is 0. The molecule has 0 aliphatic carbocycles. The first-order valence-electron chi connectivity index (χ1n) is 7.12. The zero-order chi connectivity index (χ0) is 15.8. The lowest BCUT2D eigenvalue weighted by Crippen LogP contribution is -2.36. The Morgan fingerprint density at radius 1 is 1.24 bits per heavy atom. The van der Waals surface area contributed by atoms with Crippen molar-refractivity contribution in [3.8, 4) is 0 Å². The van der Waals surface area contributed by atoms with Crippen LogP contribution in [0.15, 0.2) is 16.7 Å². The van der Waals surface area contributed by atoms with Gasteiger partial charge in [-0.15, -0.1) is 0 Å². The maximum atomic E-state index is 11.8. The van der Waals surface area contributed by atoms with E-state index in [0.717, 1.165) is 0 Å². The van der Waals surface area contributed by atoms with Crippen LogP contribution in [-0.2, 0) is 20.8 Å². The molecule has 0 aliphatic heterocycles. The van der Waals surface area contributed by atoms with Crippen molar-refractivity contribution in [3.05, 3.63) is 23.7 Å². The van der Waals surface area contributed by atoms with Gasteiger partial charge in [-0.3, -0.25) is 9.69 Å².